The van der Waals surface area contributed by atoms with Crippen LogP contribution in [0.3, 0.4) is 0 Å². The van der Waals surface area contributed by atoms with Crippen molar-refractivity contribution in [3.8, 4) is 0 Å². The predicted molar refractivity (Wildman–Crippen MR) is 128 cm³/mol. The number of aromatic amines is 1. The number of aromatic nitrogens is 4. The average molecular weight is 499 g/mol. The number of benzene rings is 2. The van der Waals surface area contributed by atoms with Crippen LogP contribution in [0.15, 0.2) is 66.0 Å². The molecule has 0 saturated carbocycles. The zero-order valence-corrected chi connectivity index (χ0v) is 19.8. The number of halogens is 1. The van der Waals surface area contributed by atoms with Crippen LogP contribution in [0, 0.1) is 0 Å². The lowest BCUT2D eigenvalue weighted by molar-refractivity contribution is -0.134. The molecule has 0 bridgehead atoms. The molecule has 176 valence electrons. The van der Waals surface area contributed by atoms with Crippen LogP contribution in [0.4, 0.5) is 0 Å². The van der Waals surface area contributed by atoms with Crippen molar-refractivity contribution in [1.82, 2.24) is 29.4 Å². The maximum Gasteiger partial charge on any atom is 0.241 e. The number of rotatable bonds is 7. The van der Waals surface area contributed by atoms with E-state index in [-0.39, 0.29) is 23.8 Å². The largest absolute Gasteiger partial charge is 0.361 e. The van der Waals surface area contributed by atoms with Crippen LogP contribution < -0.4 is 4.72 Å². The number of nitrogens with one attached hydrogen (secondary N) is 2. The van der Waals surface area contributed by atoms with Crippen molar-refractivity contribution in [3.63, 3.8) is 0 Å². The first-order chi connectivity index (χ1) is 16.4. The molecule has 9 nitrogen and oxygen atoms in total. The second-order valence-corrected chi connectivity index (χ2v) is 10.3. The third-order valence-corrected chi connectivity index (χ3v) is 7.95. The van der Waals surface area contributed by atoms with Gasteiger partial charge in [-0.15, -0.1) is 10.2 Å². The van der Waals surface area contributed by atoms with Crippen molar-refractivity contribution in [3.05, 3.63) is 77.5 Å². The van der Waals surface area contributed by atoms with Crippen LogP contribution in [-0.4, -0.2) is 51.6 Å². The fourth-order valence-electron chi connectivity index (χ4n) is 4.25. The molecule has 34 heavy (non-hydrogen) atoms. The summed E-state index contributed by atoms with van der Waals surface area (Å²) in [6.45, 7) is 1.28. The molecule has 0 fully saturated rings. The van der Waals surface area contributed by atoms with E-state index < -0.39 is 16.1 Å². The van der Waals surface area contributed by atoms with Gasteiger partial charge in [0.1, 0.15) is 12.4 Å². The number of hydrogen-bond acceptors (Lipinski definition) is 5. The van der Waals surface area contributed by atoms with Crippen molar-refractivity contribution >= 4 is 38.4 Å². The lowest BCUT2D eigenvalue weighted by Gasteiger charge is -2.31. The van der Waals surface area contributed by atoms with Crippen molar-refractivity contribution in [1.29, 1.82) is 0 Å². The van der Waals surface area contributed by atoms with Crippen LogP contribution in [0.1, 0.15) is 17.8 Å². The number of H-pyrrole nitrogens is 1. The van der Waals surface area contributed by atoms with Crippen LogP contribution in [0.25, 0.3) is 10.9 Å². The van der Waals surface area contributed by atoms with Crippen molar-refractivity contribution in [2.45, 2.75) is 36.9 Å². The molecule has 2 aromatic heterocycles. The molecule has 0 radical (unpaired) electrons. The SMILES string of the molecule is O=C(C(CCc1ccccc1Cl)NS(=O)(=O)c1cccc2[nH]ccc12)N1CCn2cnnc2C1. The molecule has 1 unspecified atom stereocenters. The monoisotopic (exact) mass is 498 g/mol. The Hall–Kier alpha value is -3.21. The summed E-state index contributed by atoms with van der Waals surface area (Å²) in [4.78, 5) is 18.3. The minimum atomic E-state index is -3.99. The van der Waals surface area contributed by atoms with Gasteiger partial charge in [0, 0.05) is 35.2 Å². The van der Waals surface area contributed by atoms with E-state index in [1.807, 2.05) is 22.8 Å². The highest BCUT2D eigenvalue weighted by atomic mass is 35.5. The standard InChI is InChI=1S/C23H23ClN6O3S/c24-18-5-2-1-4-16(18)8-9-20(23(31)29-12-13-30-15-26-27-22(30)14-29)28-34(32,33)21-7-3-6-19-17(21)10-11-25-19/h1-7,10-11,15,20,25,28H,8-9,12-14H2. The van der Waals surface area contributed by atoms with Gasteiger partial charge in [-0.1, -0.05) is 35.9 Å². The van der Waals surface area contributed by atoms with Gasteiger partial charge in [0.25, 0.3) is 0 Å². The van der Waals surface area contributed by atoms with Crippen LogP contribution in [0.5, 0.6) is 0 Å². The predicted octanol–water partition coefficient (Wildman–Crippen LogP) is 2.73. The molecule has 2 N–H and O–H groups in total. The summed E-state index contributed by atoms with van der Waals surface area (Å²) < 4.78 is 31.4. The maximum atomic E-state index is 13.6. The Morgan fingerprint density at radius 1 is 1.15 bits per heavy atom. The minimum absolute atomic E-state index is 0.125. The van der Waals surface area contributed by atoms with E-state index in [9.17, 15) is 13.2 Å². The number of nitrogens with zero attached hydrogens (tertiary/aromatic N) is 4. The number of fused-ring (bicyclic) bond motifs is 2. The first-order valence-electron chi connectivity index (χ1n) is 10.9. The Morgan fingerprint density at radius 2 is 2.00 bits per heavy atom. The summed E-state index contributed by atoms with van der Waals surface area (Å²) in [5.41, 5.74) is 1.56. The Kier molecular flexibility index (Phi) is 6.11. The number of amides is 1. The van der Waals surface area contributed by atoms with Crippen molar-refractivity contribution < 1.29 is 13.2 Å². The quantitative estimate of drug-likeness (QED) is 0.407. The Balaban J connectivity index is 1.43. The van der Waals surface area contributed by atoms with E-state index in [0.717, 1.165) is 5.56 Å². The van der Waals surface area contributed by atoms with E-state index in [1.165, 1.54) is 6.07 Å². The maximum absolute atomic E-state index is 13.6. The number of sulfonamides is 1. The normalized spacial score (nSPS) is 14.8. The second kappa shape index (κ2) is 9.21. The van der Waals surface area contributed by atoms with E-state index in [0.29, 0.717) is 41.3 Å². The Bertz CT molecular complexity index is 1450. The molecule has 1 amide bonds. The minimum Gasteiger partial charge on any atom is -0.361 e. The van der Waals surface area contributed by atoms with Gasteiger partial charge in [0.05, 0.1) is 11.4 Å². The van der Waals surface area contributed by atoms with Gasteiger partial charge in [-0.05, 0) is 42.7 Å². The van der Waals surface area contributed by atoms with Gasteiger partial charge in [0.15, 0.2) is 5.82 Å². The molecule has 2 aromatic carbocycles. The van der Waals surface area contributed by atoms with E-state index in [2.05, 4.69) is 19.9 Å². The summed E-state index contributed by atoms with van der Waals surface area (Å²) in [6.07, 6.45) is 4.02. The Morgan fingerprint density at radius 3 is 2.85 bits per heavy atom. The van der Waals surface area contributed by atoms with Gasteiger partial charge in [-0.2, -0.15) is 4.72 Å². The van der Waals surface area contributed by atoms with Gasteiger partial charge in [0.2, 0.25) is 15.9 Å². The molecule has 1 aliphatic heterocycles. The molecule has 1 aliphatic rings. The summed E-state index contributed by atoms with van der Waals surface area (Å²) in [5, 5.41) is 9.11. The highest BCUT2D eigenvalue weighted by molar-refractivity contribution is 7.89. The molecule has 3 heterocycles. The molecular formula is C23H23ClN6O3S. The van der Waals surface area contributed by atoms with Gasteiger partial charge >= 0.3 is 0 Å². The smallest absolute Gasteiger partial charge is 0.241 e. The van der Waals surface area contributed by atoms with Crippen molar-refractivity contribution in [2.75, 3.05) is 6.54 Å². The third kappa shape index (κ3) is 4.44. The van der Waals surface area contributed by atoms with Gasteiger partial charge < -0.3 is 14.5 Å². The van der Waals surface area contributed by atoms with E-state index in [1.54, 1.807) is 41.7 Å². The lowest BCUT2D eigenvalue weighted by Crippen LogP contribution is -2.50. The summed E-state index contributed by atoms with van der Waals surface area (Å²) in [6, 6.07) is 13.1. The zero-order chi connectivity index (χ0) is 23.7. The van der Waals surface area contributed by atoms with Crippen molar-refractivity contribution in [2.24, 2.45) is 0 Å². The molecule has 5 rings (SSSR count). The van der Waals surface area contributed by atoms with Gasteiger partial charge in [-0.25, -0.2) is 8.42 Å². The molecular weight excluding hydrogens is 476 g/mol. The number of aryl methyl sites for hydroxylation is 1. The molecule has 4 aromatic rings. The van der Waals surface area contributed by atoms with E-state index >= 15 is 0 Å². The molecule has 1 atom stereocenters. The third-order valence-electron chi connectivity index (χ3n) is 6.05. The first kappa shape index (κ1) is 22.6. The highest BCUT2D eigenvalue weighted by Gasteiger charge is 2.32. The number of hydrogen-bond donors (Lipinski definition) is 2. The molecule has 0 saturated heterocycles. The highest BCUT2D eigenvalue weighted by Crippen LogP contribution is 2.24. The molecule has 11 heteroatoms. The first-order valence-corrected chi connectivity index (χ1v) is 12.8. The summed E-state index contributed by atoms with van der Waals surface area (Å²) >= 11 is 6.31. The van der Waals surface area contributed by atoms with E-state index in [4.69, 9.17) is 11.6 Å². The zero-order valence-electron chi connectivity index (χ0n) is 18.2. The van der Waals surface area contributed by atoms with Crippen LogP contribution >= 0.6 is 11.6 Å². The average Bonchev–Trinajstić information content (AvgIpc) is 3.50. The number of carbonyl (C=O) groups excluding carboxylic acids is 1. The molecule has 0 aliphatic carbocycles. The second-order valence-electron chi connectivity index (χ2n) is 8.20. The topological polar surface area (TPSA) is 113 Å². The summed E-state index contributed by atoms with van der Waals surface area (Å²) in [5.74, 6) is 0.371. The summed E-state index contributed by atoms with van der Waals surface area (Å²) in [7, 11) is -3.99. The van der Waals surface area contributed by atoms with Crippen LogP contribution in [-0.2, 0) is 34.3 Å². The van der Waals surface area contributed by atoms with Gasteiger partial charge in [-0.3, -0.25) is 4.79 Å². The van der Waals surface area contributed by atoms with Crippen LogP contribution in [0.2, 0.25) is 5.02 Å². The fourth-order valence-corrected chi connectivity index (χ4v) is 5.93. The molecule has 0 spiro atoms. The number of carbonyl (C=O) groups is 1. The Labute approximate surface area is 201 Å². The fraction of sp³-hybridized carbons (Fsp3) is 0.261. The lowest BCUT2D eigenvalue weighted by atomic mass is 10.0.